The van der Waals surface area contributed by atoms with Crippen molar-refractivity contribution in [3.8, 4) is 0 Å². The van der Waals surface area contributed by atoms with Crippen molar-refractivity contribution in [1.82, 2.24) is 0 Å². The molecule has 6 atom stereocenters. The average Bonchev–Trinajstić information content (AvgIpc) is 2.48. The highest BCUT2D eigenvalue weighted by atomic mass is 16.4. The number of hydrogen-bond donors (Lipinski definition) is 8. The van der Waals surface area contributed by atoms with Crippen LogP contribution in [0.5, 0.6) is 0 Å². The van der Waals surface area contributed by atoms with Crippen LogP contribution in [-0.2, 0) is 9.59 Å². The summed E-state index contributed by atoms with van der Waals surface area (Å²) in [6, 6.07) is 0. The number of aliphatic hydroxyl groups excluding tert-OH is 8. The molecule has 0 saturated carbocycles. The first kappa shape index (κ1) is 19.0. The molecule has 2 unspecified atom stereocenters. The van der Waals surface area contributed by atoms with E-state index in [0.717, 1.165) is 0 Å². The standard InChI is InChI=1S/C10H18O10/c11-1-3(13)5(15)7(17)9(19)10(20)8(18)6(16)4(14)2-12/h3,5-6,8-13,15-16,18-20H,1-2H2/t3-,5-,6+,8+,9?,10?/m1/s1. The van der Waals surface area contributed by atoms with Crippen LogP contribution in [0.1, 0.15) is 0 Å². The predicted molar refractivity (Wildman–Crippen MR) is 60.2 cm³/mol. The Morgan fingerprint density at radius 3 is 1.60 bits per heavy atom. The van der Waals surface area contributed by atoms with Gasteiger partial charge in [-0.15, -0.1) is 0 Å². The number of carbonyl (C=O) groups excluding carboxylic acids is 2. The van der Waals surface area contributed by atoms with Crippen LogP contribution in [0.15, 0.2) is 0 Å². The average molecular weight is 298 g/mol. The highest BCUT2D eigenvalue weighted by molar-refractivity contribution is 5.88. The fourth-order valence-corrected chi connectivity index (χ4v) is 1.29. The molecule has 10 heteroatoms. The van der Waals surface area contributed by atoms with Gasteiger partial charge in [-0.1, -0.05) is 0 Å². The lowest BCUT2D eigenvalue weighted by Crippen LogP contribution is -2.54. The molecule has 20 heavy (non-hydrogen) atoms. The third-order valence-corrected chi connectivity index (χ3v) is 2.62. The number of rotatable bonds is 9. The topological polar surface area (TPSA) is 196 Å². The maximum atomic E-state index is 11.4. The molecule has 0 radical (unpaired) electrons. The second kappa shape index (κ2) is 8.34. The Balaban J connectivity index is 4.80. The number of ketones is 2. The zero-order chi connectivity index (χ0) is 16.0. The number of hydrogen-bond acceptors (Lipinski definition) is 10. The summed E-state index contributed by atoms with van der Waals surface area (Å²) >= 11 is 0. The largest absolute Gasteiger partial charge is 0.394 e. The van der Waals surface area contributed by atoms with Gasteiger partial charge in [0.05, 0.1) is 6.61 Å². The van der Waals surface area contributed by atoms with E-state index in [0.29, 0.717) is 0 Å². The van der Waals surface area contributed by atoms with Gasteiger partial charge >= 0.3 is 0 Å². The first-order chi connectivity index (χ1) is 9.18. The van der Waals surface area contributed by atoms with Gasteiger partial charge in [-0.3, -0.25) is 9.59 Å². The van der Waals surface area contributed by atoms with E-state index in [2.05, 4.69) is 0 Å². The molecule has 0 fully saturated rings. The molecule has 0 amide bonds. The highest BCUT2D eigenvalue weighted by Crippen LogP contribution is 2.10. The molecule has 0 aliphatic heterocycles. The van der Waals surface area contributed by atoms with Crippen molar-refractivity contribution in [2.45, 2.75) is 36.6 Å². The molecule has 0 bridgehead atoms. The van der Waals surface area contributed by atoms with Crippen LogP contribution in [0.25, 0.3) is 0 Å². The Hall–Kier alpha value is -0.980. The van der Waals surface area contributed by atoms with E-state index in [1.54, 1.807) is 0 Å². The van der Waals surface area contributed by atoms with Gasteiger partial charge in [0.25, 0.3) is 0 Å². The second-order valence-corrected chi connectivity index (χ2v) is 4.09. The SMILES string of the molecule is O=C(C(O)C(O)[C@@H](O)[C@@H](O)C(=O)CO)[C@H](O)[C@H](O)CO. The molecule has 118 valence electrons. The highest BCUT2D eigenvalue weighted by Gasteiger charge is 2.40. The molecule has 0 spiro atoms. The molecular weight excluding hydrogens is 280 g/mol. The summed E-state index contributed by atoms with van der Waals surface area (Å²) in [6.07, 6.45) is -13.5. The monoisotopic (exact) mass is 298 g/mol. The maximum Gasteiger partial charge on any atom is 0.195 e. The molecule has 8 N–H and O–H groups in total. The van der Waals surface area contributed by atoms with E-state index in [-0.39, 0.29) is 0 Å². The smallest absolute Gasteiger partial charge is 0.195 e. The van der Waals surface area contributed by atoms with Crippen LogP contribution in [0, 0.1) is 0 Å². The fraction of sp³-hybridized carbons (Fsp3) is 0.800. The quantitative estimate of drug-likeness (QED) is 0.203. The van der Waals surface area contributed by atoms with E-state index >= 15 is 0 Å². The summed E-state index contributed by atoms with van der Waals surface area (Å²) in [4.78, 5) is 22.3. The van der Waals surface area contributed by atoms with Crippen LogP contribution in [0.2, 0.25) is 0 Å². The molecule has 0 heterocycles. The number of aliphatic hydroxyl groups is 8. The summed E-state index contributed by atoms with van der Waals surface area (Å²) in [7, 11) is 0. The van der Waals surface area contributed by atoms with Gasteiger partial charge in [0.2, 0.25) is 0 Å². The van der Waals surface area contributed by atoms with Gasteiger partial charge < -0.3 is 40.9 Å². The van der Waals surface area contributed by atoms with Crippen LogP contribution < -0.4 is 0 Å². The molecule has 0 aromatic carbocycles. The third-order valence-electron chi connectivity index (χ3n) is 2.62. The fourth-order valence-electron chi connectivity index (χ4n) is 1.29. The Morgan fingerprint density at radius 2 is 1.20 bits per heavy atom. The molecule has 0 saturated heterocycles. The van der Waals surface area contributed by atoms with Gasteiger partial charge in [-0.2, -0.15) is 0 Å². The maximum absolute atomic E-state index is 11.4. The van der Waals surface area contributed by atoms with Crippen LogP contribution in [0.4, 0.5) is 0 Å². The third kappa shape index (κ3) is 4.54. The second-order valence-electron chi connectivity index (χ2n) is 4.09. The number of Topliss-reactive ketones (excluding diaryl/α,β-unsaturated/α-hetero) is 2. The Kier molecular flexibility index (Phi) is 7.93. The lowest BCUT2D eigenvalue weighted by atomic mass is 9.94. The van der Waals surface area contributed by atoms with Gasteiger partial charge in [0.1, 0.15) is 43.2 Å². The van der Waals surface area contributed by atoms with Crippen molar-refractivity contribution < 1.29 is 50.4 Å². The molecule has 10 nitrogen and oxygen atoms in total. The minimum Gasteiger partial charge on any atom is -0.394 e. The minimum atomic E-state index is -2.43. The lowest BCUT2D eigenvalue weighted by Gasteiger charge is -2.26. The molecule has 0 aromatic heterocycles. The van der Waals surface area contributed by atoms with E-state index in [9.17, 15) is 35.1 Å². The minimum absolute atomic E-state index is 0.996. The van der Waals surface area contributed by atoms with Crippen molar-refractivity contribution in [3.63, 3.8) is 0 Å². The van der Waals surface area contributed by atoms with Gasteiger partial charge in [0, 0.05) is 0 Å². The number of carbonyl (C=O) groups is 2. The van der Waals surface area contributed by atoms with Crippen molar-refractivity contribution in [2.24, 2.45) is 0 Å². The molecular formula is C10H18O10. The summed E-state index contributed by atoms with van der Waals surface area (Å²) in [6.45, 7) is -2.13. The van der Waals surface area contributed by atoms with Gasteiger partial charge in [-0.25, -0.2) is 0 Å². The Labute approximate surface area is 113 Å². The Bertz CT molecular complexity index is 332. The summed E-state index contributed by atoms with van der Waals surface area (Å²) in [5.41, 5.74) is 0. The van der Waals surface area contributed by atoms with E-state index < -0.39 is 61.4 Å². The van der Waals surface area contributed by atoms with Gasteiger partial charge in [-0.05, 0) is 0 Å². The van der Waals surface area contributed by atoms with Crippen molar-refractivity contribution in [1.29, 1.82) is 0 Å². The summed E-state index contributed by atoms with van der Waals surface area (Å²) in [5.74, 6) is -2.78. The van der Waals surface area contributed by atoms with Gasteiger partial charge in [0.15, 0.2) is 11.6 Å². The molecule has 0 rings (SSSR count). The van der Waals surface area contributed by atoms with E-state index in [1.807, 2.05) is 0 Å². The van der Waals surface area contributed by atoms with Crippen LogP contribution in [0.3, 0.4) is 0 Å². The zero-order valence-corrected chi connectivity index (χ0v) is 10.3. The van der Waals surface area contributed by atoms with E-state index in [4.69, 9.17) is 15.3 Å². The van der Waals surface area contributed by atoms with Crippen molar-refractivity contribution in [2.75, 3.05) is 13.2 Å². The van der Waals surface area contributed by atoms with Crippen molar-refractivity contribution in [3.05, 3.63) is 0 Å². The Morgan fingerprint density at radius 1 is 0.750 bits per heavy atom. The predicted octanol–water partition coefficient (Wildman–Crippen LogP) is -5.73. The van der Waals surface area contributed by atoms with Crippen LogP contribution >= 0.6 is 0 Å². The first-order valence-electron chi connectivity index (χ1n) is 5.55. The van der Waals surface area contributed by atoms with Crippen LogP contribution in [-0.4, -0.2) is 102 Å². The van der Waals surface area contributed by atoms with E-state index in [1.165, 1.54) is 0 Å². The lowest BCUT2D eigenvalue weighted by molar-refractivity contribution is -0.162. The molecule has 0 aliphatic rings. The summed E-state index contributed by atoms with van der Waals surface area (Å²) < 4.78 is 0. The molecule has 0 aliphatic carbocycles. The normalized spacial score (nSPS) is 20.6. The first-order valence-corrected chi connectivity index (χ1v) is 5.55. The van der Waals surface area contributed by atoms with Crippen molar-refractivity contribution >= 4 is 11.6 Å². The zero-order valence-electron chi connectivity index (χ0n) is 10.3. The molecule has 0 aromatic rings. The summed E-state index contributed by atoms with van der Waals surface area (Å²) in [5, 5.41) is 72.5.